The van der Waals surface area contributed by atoms with Crippen LogP contribution in [0.2, 0.25) is 0 Å². The molecule has 2 aromatic heterocycles. The Balaban J connectivity index is 1.45. The highest BCUT2D eigenvalue weighted by Gasteiger charge is 2.05. The Hall–Kier alpha value is -2.55. The maximum absolute atomic E-state index is 4.67. The lowest BCUT2D eigenvalue weighted by atomic mass is 10.0. The molecule has 3 nitrogen and oxygen atoms in total. The van der Waals surface area contributed by atoms with Gasteiger partial charge in [0.1, 0.15) is 0 Å². The molecular formula is C30H41N3. The third kappa shape index (κ3) is 8.72. The number of pyridine rings is 1. The first-order valence-electron chi connectivity index (χ1n) is 13.2. The first-order valence-corrected chi connectivity index (χ1v) is 13.2. The van der Waals surface area contributed by atoms with Crippen molar-refractivity contribution in [2.75, 3.05) is 0 Å². The molecule has 0 radical (unpaired) electrons. The van der Waals surface area contributed by atoms with Crippen molar-refractivity contribution in [2.45, 2.75) is 97.3 Å². The third-order valence-electron chi connectivity index (χ3n) is 6.36. The van der Waals surface area contributed by atoms with Crippen LogP contribution >= 0.6 is 0 Å². The first-order chi connectivity index (χ1) is 16.3. The van der Waals surface area contributed by atoms with Crippen LogP contribution in [0.3, 0.4) is 0 Å². The fraction of sp³-hybridized carbons (Fsp3) is 0.500. The molecule has 0 aliphatic carbocycles. The zero-order valence-electron chi connectivity index (χ0n) is 20.7. The van der Waals surface area contributed by atoms with E-state index in [-0.39, 0.29) is 0 Å². The van der Waals surface area contributed by atoms with Crippen LogP contribution in [0.4, 0.5) is 0 Å². The van der Waals surface area contributed by atoms with Gasteiger partial charge in [0, 0.05) is 29.7 Å². The van der Waals surface area contributed by atoms with Crippen LogP contribution in [0.1, 0.15) is 95.6 Å². The van der Waals surface area contributed by atoms with Gasteiger partial charge in [-0.05, 0) is 42.9 Å². The van der Waals surface area contributed by atoms with Crippen LogP contribution in [0.5, 0.6) is 0 Å². The fourth-order valence-corrected chi connectivity index (χ4v) is 4.21. The molecular weight excluding hydrogens is 402 g/mol. The van der Waals surface area contributed by atoms with Gasteiger partial charge in [-0.2, -0.15) is 0 Å². The van der Waals surface area contributed by atoms with Crippen molar-refractivity contribution in [1.29, 1.82) is 0 Å². The largest absolute Gasteiger partial charge is 0.256 e. The summed E-state index contributed by atoms with van der Waals surface area (Å²) in [4.78, 5) is 13.9. The van der Waals surface area contributed by atoms with Gasteiger partial charge in [-0.15, -0.1) is 0 Å². The fourth-order valence-electron chi connectivity index (χ4n) is 4.21. The second-order valence-corrected chi connectivity index (χ2v) is 9.23. The smallest absolute Gasteiger partial charge is 0.159 e. The Labute approximate surface area is 201 Å². The van der Waals surface area contributed by atoms with E-state index >= 15 is 0 Å². The van der Waals surface area contributed by atoms with E-state index in [4.69, 9.17) is 0 Å². The zero-order chi connectivity index (χ0) is 23.1. The number of hydrogen-bond donors (Lipinski definition) is 0. The second-order valence-electron chi connectivity index (χ2n) is 9.23. The molecule has 2 heterocycles. The Morgan fingerprint density at radius 2 is 1.00 bits per heavy atom. The number of unbranched alkanes of at least 4 members (excludes halogenated alkanes) is 9. The van der Waals surface area contributed by atoms with E-state index in [0.717, 1.165) is 35.5 Å². The Morgan fingerprint density at radius 3 is 1.64 bits per heavy atom. The van der Waals surface area contributed by atoms with Crippen LogP contribution in [-0.4, -0.2) is 15.0 Å². The normalized spacial score (nSPS) is 11.1. The number of aryl methyl sites for hydroxylation is 2. The van der Waals surface area contributed by atoms with Crippen molar-refractivity contribution >= 4 is 0 Å². The van der Waals surface area contributed by atoms with Gasteiger partial charge in [-0.1, -0.05) is 102 Å². The van der Waals surface area contributed by atoms with E-state index in [9.17, 15) is 0 Å². The zero-order valence-corrected chi connectivity index (χ0v) is 20.7. The average molecular weight is 444 g/mol. The van der Waals surface area contributed by atoms with E-state index < -0.39 is 0 Å². The predicted molar refractivity (Wildman–Crippen MR) is 140 cm³/mol. The summed E-state index contributed by atoms with van der Waals surface area (Å²) in [6.07, 6.45) is 22.8. The van der Waals surface area contributed by atoms with Crippen LogP contribution < -0.4 is 0 Å². The average Bonchev–Trinajstić information content (AvgIpc) is 2.87. The molecule has 0 unspecified atom stereocenters. The first kappa shape index (κ1) is 25.1. The Morgan fingerprint density at radius 1 is 0.485 bits per heavy atom. The second kappa shape index (κ2) is 14.6. The number of hydrogen-bond acceptors (Lipinski definition) is 3. The summed E-state index contributed by atoms with van der Waals surface area (Å²) >= 11 is 0. The monoisotopic (exact) mass is 443 g/mol. The summed E-state index contributed by atoms with van der Waals surface area (Å²) in [5, 5.41) is 0. The van der Waals surface area contributed by atoms with E-state index in [1.807, 2.05) is 18.6 Å². The summed E-state index contributed by atoms with van der Waals surface area (Å²) in [7, 11) is 0. The molecule has 0 fully saturated rings. The number of benzene rings is 1. The lowest BCUT2D eigenvalue weighted by molar-refractivity contribution is 0.575. The number of aromatic nitrogens is 3. The standard InChI is InChI=1S/C30H41N3/c1-3-5-7-8-9-10-11-13-15-26-23-32-30(33-24-26)28-19-17-27(18-20-28)29-21-16-25(22-31-29)14-12-6-4-2/h16-24H,3-15H2,1-2H3. The minimum absolute atomic E-state index is 0.792. The van der Waals surface area contributed by atoms with Gasteiger partial charge < -0.3 is 0 Å². The van der Waals surface area contributed by atoms with Crippen LogP contribution in [0.25, 0.3) is 22.6 Å². The van der Waals surface area contributed by atoms with Crippen LogP contribution in [-0.2, 0) is 12.8 Å². The number of rotatable bonds is 15. The van der Waals surface area contributed by atoms with Gasteiger partial charge in [0.05, 0.1) is 5.69 Å². The van der Waals surface area contributed by atoms with Gasteiger partial charge in [-0.25, -0.2) is 9.97 Å². The molecule has 0 spiro atoms. The van der Waals surface area contributed by atoms with Gasteiger partial charge in [0.25, 0.3) is 0 Å². The SMILES string of the molecule is CCCCCCCCCCc1cnc(-c2ccc(-c3ccc(CCCCC)cn3)cc2)nc1. The molecule has 0 bridgehead atoms. The molecule has 0 N–H and O–H groups in total. The van der Waals surface area contributed by atoms with Crippen molar-refractivity contribution < 1.29 is 0 Å². The predicted octanol–water partition coefficient (Wildman–Crippen LogP) is 8.62. The van der Waals surface area contributed by atoms with Crippen LogP contribution in [0, 0.1) is 0 Å². The minimum atomic E-state index is 0.792. The summed E-state index contributed by atoms with van der Waals surface area (Å²) < 4.78 is 0. The van der Waals surface area contributed by atoms with Crippen molar-refractivity contribution in [3.05, 3.63) is 66.1 Å². The third-order valence-corrected chi connectivity index (χ3v) is 6.36. The molecule has 3 heteroatoms. The summed E-state index contributed by atoms with van der Waals surface area (Å²) in [6.45, 7) is 4.51. The van der Waals surface area contributed by atoms with Gasteiger partial charge >= 0.3 is 0 Å². The summed E-state index contributed by atoms with van der Waals surface area (Å²) in [6, 6.07) is 12.8. The topological polar surface area (TPSA) is 38.7 Å². The quantitative estimate of drug-likeness (QED) is 0.221. The van der Waals surface area contributed by atoms with Crippen molar-refractivity contribution in [1.82, 2.24) is 15.0 Å². The molecule has 176 valence electrons. The molecule has 0 aliphatic heterocycles. The minimum Gasteiger partial charge on any atom is -0.256 e. The van der Waals surface area contributed by atoms with Crippen molar-refractivity contribution in [3.8, 4) is 22.6 Å². The Bertz CT molecular complexity index is 899. The van der Waals surface area contributed by atoms with E-state index in [0.29, 0.717) is 0 Å². The molecule has 0 saturated carbocycles. The molecule has 0 saturated heterocycles. The molecule has 3 aromatic rings. The van der Waals surface area contributed by atoms with E-state index in [1.165, 1.54) is 81.8 Å². The lowest BCUT2D eigenvalue weighted by Gasteiger charge is -2.06. The molecule has 1 aromatic carbocycles. The molecule has 33 heavy (non-hydrogen) atoms. The van der Waals surface area contributed by atoms with Crippen molar-refractivity contribution in [3.63, 3.8) is 0 Å². The number of nitrogens with zero attached hydrogens (tertiary/aromatic N) is 3. The molecule has 0 aliphatic rings. The summed E-state index contributed by atoms with van der Waals surface area (Å²) in [5.41, 5.74) is 5.76. The van der Waals surface area contributed by atoms with Crippen molar-refractivity contribution in [2.24, 2.45) is 0 Å². The maximum Gasteiger partial charge on any atom is 0.159 e. The molecule has 0 amide bonds. The van der Waals surface area contributed by atoms with Gasteiger partial charge in [-0.3, -0.25) is 4.98 Å². The van der Waals surface area contributed by atoms with Crippen LogP contribution in [0.15, 0.2) is 55.0 Å². The molecule has 0 atom stereocenters. The highest BCUT2D eigenvalue weighted by Crippen LogP contribution is 2.22. The van der Waals surface area contributed by atoms with E-state index in [2.05, 4.69) is 65.2 Å². The van der Waals surface area contributed by atoms with Gasteiger partial charge in [0.2, 0.25) is 0 Å². The summed E-state index contributed by atoms with van der Waals surface area (Å²) in [5.74, 6) is 0.792. The highest BCUT2D eigenvalue weighted by molar-refractivity contribution is 5.65. The lowest BCUT2D eigenvalue weighted by Crippen LogP contribution is -1.94. The van der Waals surface area contributed by atoms with E-state index in [1.54, 1.807) is 0 Å². The maximum atomic E-state index is 4.67. The molecule has 3 rings (SSSR count). The highest BCUT2D eigenvalue weighted by atomic mass is 14.9. The van der Waals surface area contributed by atoms with Gasteiger partial charge in [0.15, 0.2) is 5.82 Å². The Kier molecular flexibility index (Phi) is 11.1.